The predicted octanol–water partition coefficient (Wildman–Crippen LogP) is 5.14. The number of anilines is 1. The minimum atomic E-state index is -0.367. The van der Waals surface area contributed by atoms with Crippen molar-refractivity contribution in [1.82, 2.24) is 24.3 Å². The molecule has 0 aliphatic carbocycles. The molecule has 32 heavy (non-hydrogen) atoms. The van der Waals surface area contributed by atoms with Gasteiger partial charge in [0.05, 0.1) is 6.20 Å². The van der Waals surface area contributed by atoms with E-state index in [-0.39, 0.29) is 17.5 Å². The molecule has 0 amide bonds. The fraction of sp³-hybridized carbons (Fsp3) is 0.435. The first-order valence-electron chi connectivity index (χ1n) is 10.8. The summed E-state index contributed by atoms with van der Waals surface area (Å²) in [5.41, 5.74) is 0.926. The Balaban J connectivity index is 1.52. The number of rotatable bonds is 7. The number of nitrogens with one attached hydrogen (secondary N) is 1. The molecule has 4 rings (SSSR count). The van der Waals surface area contributed by atoms with Gasteiger partial charge in [-0.25, -0.2) is 19.3 Å². The van der Waals surface area contributed by atoms with Crippen molar-refractivity contribution in [2.45, 2.75) is 51.7 Å². The fourth-order valence-electron chi connectivity index (χ4n) is 3.71. The molecule has 0 saturated carbocycles. The van der Waals surface area contributed by atoms with Gasteiger partial charge in [0.1, 0.15) is 33.7 Å². The highest BCUT2D eigenvalue weighted by Gasteiger charge is 2.26. The lowest BCUT2D eigenvalue weighted by atomic mass is 10.1. The summed E-state index contributed by atoms with van der Waals surface area (Å²) in [6.07, 6.45) is 5.86. The van der Waals surface area contributed by atoms with Crippen molar-refractivity contribution < 1.29 is 9.13 Å². The lowest BCUT2D eigenvalue weighted by molar-refractivity contribution is -0.0174. The second kappa shape index (κ2) is 8.94. The van der Waals surface area contributed by atoms with Crippen LogP contribution < -0.4 is 5.32 Å². The Morgan fingerprint density at radius 2 is 2.19 bits per heavy atom. The van der Waals surface area contributed by atoms with Crippen molar-refractivity contribution in [2.75, 3.05) is 18.4 Å². The normalized spacial score (nSPS) is 16.9. The number of piperidine rings is 1. The van der Waals surface area contributed by atoms with E-state index in [4.69, 9.17) is 16.3 Å². The molecule has 3 aromatic rings. The summed E-state index contributed by atoms with van der Waals surface area (Å²) < 4.78 is 21.4. The van der Waals surface area contributed by atoms with Crippen LogP contribution in [-0.4, -0.2) is 49.0 Å². The molecule has 3 aromatic heterocycles. The second-order valence-electron chi connectivity index (χ2n) is 8.66. The number of fused-ring (bicyclic) bond motifs is 1. The van der Waals surface area contributed by atoms with Gasteiger partial charge in [0.15, 0.2) is 11.7 Å². The molecule has 1 fully saturated rings. The van der Waals surface area contributed by atoms with E-state index in [9.17, 15) is 4.39 Å². The number of hydrogen-bond donors (Lipinski definition) is 1. The van der Waals surface area contributed by atoms with Gasteiger partial charge >= 0.3 is 0 Å². The van der Waals surface area contributed by atoms with Crippen LogP contribution in [0, 0.1) is 5.82 Å². The molecule has 1 N–H and O–H groups in total. The van der Waals surface area contributed by atoms with E-state index in [1.165, 1.54) is 12.3 Å². The first-order valence-corrected chi connectivity index (χ1v) is 11.2. The van der Waals surface area contributed by atoms with Gasteiger partial charge in [0.2, 0.25) is 0 Å². The Morgan fingerprint density at radius 3 is 2.97 bits per heavy atom. The van der Waals surface area contributed by atoms with E-state index < -0.39 is 0 Å². The van der Waals surface area contributed by atoms with Crippen LogP contribution in [0.25, 0.3) is 17.2 Å². The standard InChI is InChI=1S/C23H28ClFN6O/c1-5-23(3,4)32-15(2)30-10-6-7-17(14-30)27-20-11-19(24)28-22(29-20)18-12-26-21-9-8-16(25)13-31(18)21/h8-9,11-13,17H,2,5-7,10,14H2,1,3-4H3,(H,27,28,29). The number of pyridine rings is 1. The Hall–Kier alpha value is -2.87. The number of aromatic nitrogens is 4. The highest BCUT2D eigenvalue weighted by atomic mass is 35.5. The summed E-state index contributed by atoms with van der Waals surface area (Å²) in [4.78, 5) is 15.4. The van der Waals surface area contributed by atoms with E-state index in [2.05, 4.69) is 52.5 Å². The molecule has 0 bridgehead atoms. The Kier molecular flexibility index (Phi) is 6.24. The number of halogens is 2. The van der Waals surface area contributed by atoms with E-state index in [0.29, 0.717) is 34.0 Å². The zero-order chi connectivity index (χ0) is 22.9. The average Bonchev–Trinajstić information content (AvgIpc) is 3.16. The van der Waals surface area contributed by atoms with Gasteiger partial charge in [-0.3, -0.25) is 4.40 Å². The number of hydrogen-bond acceptors (Lipinski definition) is 6. The molecular weight excluding hydrogens is 431 g/mol. The Labute approximate surface area is 192 Å². The van der Waals surface area contributed by atoms with E-state index >= 15 is 0 Å². The number of nitrogens with zero attached hydrogens (tertiary/aromatic N) is 5. The number of ether oxygens (including phenoxy) is 1. The second-order valence-corrected chi connectivity index (χ2v) is 9.04. The molecular formula is C23H28ClFN6O. The molecule has 1 saturated heterocycles. The van der Waals surface area contributed by atoms with Gasteiger partial charge in [-0.1, -0.05) is 18.5 Å². The molecule has 7 nitrogen and oxygen atoms in total. The van der Waals surface area contributed by atoms with Gasteiger partial charge < -0.3 is 15.0 Å². The van der Waals surface area contributed by atoms with Crippen LogP contribution in [0.1, 0.15) is 40.0 Å². The van der Waals surface area contributed by atoms with Crippen molar-refractivity contribution >= 4 is 23.1 Å². The van der Waals surface area contributed by atoms with Gasteiger partial charge in [0, 0.05) is 31.4 Å². The molecule has 0 radical (unpaired) electrons. The van der Waals surface area contributed by atoms with Crippen LogP contribution in [0.4, 0.5) is 10.2 Å². The fourth-order valence-corrected chi connectivity index (χ4v) is 3.90. The van der Waals surface area contributed by atoms with Crippen molar-refractivity contribution in [3.63, 3.8) is 0 Å². The minimum absolute atomic E-state index is 0.146. The number of likely N-dealkylation sites (tertiary alicyclic amines) is 1. The predicted molar refractivity (Wildman–Crippen MR) is 124 cm³/mol. The molecule has 1 aliphatic rings. The largest absolute Gasteiger partial charge is 0.474 e. The first kappa shape index (κ1) is 22.3. The van der Waals surface area contributed by atoms with Crippen LogP contribution in [0.15, 0.2) is 43.1 Å². The first-order chi connectivity index (χ1) is 15.2. The van der Waals surface area contributed by atoms with Gasteiger partial charge in [-0.05, 0) is 51.8 Å². The van der Waals surface area contributed by atoms with Crippen LogP contribution in [0.5, 0.6) is 0 Å². The van der Waals surface area contributed by atoms with Gasteiger partial charge in [-0.2, -0.15) is 0 Å². The van der Waals surface area contributed by atoms with Crippen molar-refractivity contribution in [2.24, 2.45) is 0 Å². The van der Waals surface area contributed by atoms with Crippen LogP contribution in [0.2, 0.25) is 5.15 Å². The third-order valence-corrected chi connectivity index (χ3v) is 5.96. The molecule has 1 atom stereocenters. The molecule has 4 heterocycles. The molecule has 1 unspecified atom stereocenters. The Bertz CT molecular complexity index is 1130. The van der Waals surface area contributed by atoms with Crippen LogP contribution in [0.3, 0.4) is 0 Å². The van der Waals surface area contributed by atoms with Crippen LogP contribution in [-0.2, 0) is 4.74 Å². The smallest absolute Gasteiger partial charge is 0.182 e. The molecule has 1 aliphatic heterocycles. The summed E-state index contributed by atoms with van der Waals surface area (Å²) in [5, 5.41) is 3.77. The molecule has 0 aromatic carbocycles. The quantitative estimate of drug-likeness (QED) is 0.390. The van der Waals surface area contributed by atoms with Crippen LogP contribution >= 0.6 is 11.6 Å². The minimum Gasteiger partial charge on any atom is -0.474 e. The topological polar surface area (TPSA) is 67.6 Å². The Morgan fingerprint density at radius 1 is 1.38 bits per heavy atom. The summed E-state index contributed by atoms with van der Waals surface area (Å²) in [5.74, 6) is 1.31. The zero-order valence-corrected chi connectivity index (χ0v) is 19.4. The molecule has 9 heteroatoms. The van der Waals surface area contributed by atoms with Crippen molar-refractivity contribution in [3.8, 4) is 11.5 Å². The lowest BCUT2D eigenvalue weighted by Crippen LogP contribution is -2.43. The maximum atomic E-state index is 13.8. The van der Waals surface area contributed by atoms with Gasteiger partial charge in [0.25, 0.3) is 0 Å². The summed E-state index contributed by atoms with van der Waals surface area (Å²) in [6.45, 7) is 12.0. The summed E-state index contributed by atoms with van der Waals surface area (Å²) >= 11 is 6.30. The summed E-state index contributed by atoms with van der Waals surface area (Å²) in [7, 11) is 0. The highest BCUT2D eigenvalue weighted by molar-refractivity contribution is 6.29. The average molecular weight is 459 g/mol. The SMILES string of the molecule is C=C(OC(C)(C)CC)N1CCCC(Nc2cc(Cl)nc(-c3cnc4ccc(F)cn34)n2)C1. The molecule has 170 valence electrons. The third-order valence-electron chi connectivity index (χ3n) is 5.77. The van der Waals surface area contributed by atoms with E-state index in [1.54, 1.807) is 22.7 Å². The highest BCUT2D eigenvalue weighted by Crippen LogP contribution is 2.26. The van der Waals surface area contributed by atoms with Crippen molar-refractivity contribution in [1.29, 1.82) is 0 Å². The maximum Gasteiger partial charge on any atom is 0.182 e. The van der Waals surface area contributed by atoms with E-state index in [1.807, 2.05) is 0 Å². The molecule has 0 spiro atoms. The zero-order valence-electron chi connectivity index (χ0n) is 18.6. The maximum absolute atomic E-state index is 13.8. The van der Waals surface area contributed by atoms with Crippen molar-refractivity contribution in [3.05, 3.63) is 54.0 Å². The lowest BCUT2D eigenvalue weighted by Gasteiger charge is -2.38. The van der Waals surface area contributed by atoms with Gasteiger partial charge in [-0.15, -0.1) is 0 Å². The number of imidazole rings is 1. The monoisotopic (exact) mass is 458 g/mol. The summed E-state index contributed by atoms with van der Waals surface area (Å²) in [6, 6.07) is 4.81. The van der Waals surface area contributed by atoms with E-state index in [0.717, 1.165) is 32.4 Å². The third kappa shape index (κ3) is 4.96.